The summed E-state index contributed by atoms with van der Waals surface area (Å²) < 4.78 is 0. The summed E-state index contributed by atoms with van der Waals surface area (Å²) in [6, 6.07) is 7.92. The highest BCUT2D eigenvalue weighted by Crippen LogP contribution is 2.23. The molecule has 0 saturated carbocycles. The van der Waals surface area contributed by atoms with E-state index in [2.05, 4.69) is 15.6 Å². The molecule has 106 valence electrons. The fourth-order valence-electron chi connectivity index (χ4n) is 2.40. The van der Waals surface area contributed by atoms with E-state index in [9.17, 15) is 0 Å². The van der Waals surface area contributed by atoms with Gasteiger partial charge in [0.1, 0.15) is 0 Å². The van der Waals surface area contributed by atoms with E-state index in [1.54, 1.807) is 11.3 Å². The van der Waals surface area contributed by atoms with E-state index in [0.29, 0.717) is 0 Å². The van der Waals surface area contributed by atoms with Crippen LogP contribution in [0.4, 0.5) is 5.69 Å². The number of hydrogen-bond donors (Lipinski definition) is 2. The number of hydrogen-bond acceptors (Lipinski definition) is 5. The van der Waals surface area contributed by atoms with Crippen molar-refractivity contribution in [3.8, 4) is 11.3 Å². The van der Waals surface area contributed by atoms with E-state index in [1.165, 1.54) is 5.01 Å². The Morgan fingerprint density at radius 1 is 1.20 bits per heavy atom. The third-order valence-electron chi connectivity index (χ3n) is 3.61. The van der Waals surface area contributed by atoms with E-state index in [4.69, 9.17) is 10.7 Å². The summed E-state index contributed by atoms with van der Waals surface area (Å²) in [6.45, 7) is 5.62. The molecule has 0 unspecified atom stereocenters. The first-order chi connectivity index (χ1) is 9.81. The first-order valence-corrected chi connectivity index (χ1v) is 7.92. The molecule has 4 nitrogen and oxygen atoms in total. The Hall–Kier alpha value is -1.43. The molecule has 1 aromatic carbocycles. The van der Waals surface area contributed by atoms with Gasteiger partial charge in [0.2, 0.25) is 0 Å². The number of benzene rings is 1. The van der Waals surface area contributed by atoms with E-state index in [-0.39, 0.29) is 0 Å². The molecule has 0 aliphatic carbocycles. The number of nitrogens with one attached hydrogen (secondary N) is 1. The highest BCUT2D eigenvalue weighted by atomic mass is 32.1. The van der Waals surface area contributed by atoms with Gasteiger partial charge < -0.3 is 16.0 Å². The third-order valence-corrected chi connectivity index (χ3v) is 4.52. The molecule has 0 bridgehead atoms. The zero-order valence-corrected chi connectivity index (χ0v) is 12.3. The molecule has 2 aromatic rings. The SMILES string of the molecule is Nc1ccc(-c2csc(CCN3CCNCC3)n2)cc1. The van der Waals surface area contributed by atoms with Gasteiger partial charge in [0.05, 0.1) is 10.7 Å². The fourth-order valence-corrected chi connectivity index (χ4v) is 3.20. The standard InChI is InChI=1S/C15H20N4S/c16-13-3-1-12(2-4-13)14-11-20-15(18-14)5-8-19-9-6-17-7-10-19/h1-4,11,17H,5-10,16H2. The Balaban J connectivity index is 1.60. The summed E-state index contributed by atoms with van der Waals surface area (Å²) in [5.41, 5.74) is 8.71. The molecular formula is C15H20N4S. The molecule has 0 radical (unpaired) electrons. The Morgan fingerprint density at radius 3 is 2.70 bits per heavy atom. The van der Waals surface area contributed by atoms with Crippen LogP contribution in [0.15, 0.2) is 29.6 Å². The lowest BCUT2D eigenvalue weighted by atomic mass is 10.1. The average molecular weight is 288 g/mol. The predicted molar refractivity (Wildman–Crippen MR) is 85.0 cm³/mol. The average Bonchev–Trinajstić information content (AvgIpc) is 2.96. The molecule has 3 rings (SSSR count). The van der Waals surface area contributed by atoms with Crippen LogP contribution in [-0.4, -0.2) is 42.6 Å². The highest BCUT2D eigenvalue weighted by molar-refractivity contribution is 7.09. The van der Waals surface area contributed by atoms with Gasteiger partial charge in [-0.05, 0) is 12.1 Å². The molecule has 5 heteroatoms. The van der Waals surface area contributed by atoms with Gasteiger partial charge in [-0.25, -0.2) is 4.98 Å². The van der Waals surface area contributed by atoms with Crippen LogP contribution in [0.3, 0.4) is 0 Å². The lowest BCUT2D eigenvalue weighted by Crippen LogP contribution is -2.44. The predicted octanol–water partition coefficient (Wildman–Crippen LogP) is 1.84. The van der Waals surface area contributed by atoms with Crippen LogP contribution in [-0.2, 0) is 6.42 Å². The lowest BCUT2D eigenvalue weighted by Gasteiger charge is -2.26. The Labute approximate surface area is 123 Å². The molecule has 1 aliphatic rings. The molecule has 3 N–H and O–H groups in total. The summed E-state index contributed by atoms with van der Waals surface area (Å²) in [4.78, 5) is 7.23. The third kappa shape index (κ3) is 3.36. The molecule has 1 aromatic heterocycles. The fraction of sp³-hybridized carbons (Fsp3) is 0.400. The van der Waals surface area contributed by atoms with Crippen molar-refractivity contribution in [2.24, 2.45) is 0 Å². The normalized spacial score (nSPS) is 16.4. The number of nitrogens with zero attached hydrogens (tertiary/aromatic N) is 2. The molecular weight excluding hydrogens is 268 g/mol. The number of anilines is 1. The van der Waals surface area contributed by atoms with Crippen molar-refractivity contribution in [3.05, 3.63) is 34.7 Å². The van der Waals surface area contributed by atoms with Crippen molar-refractivity contribution in [3.63, 3.8) is 0 Å². The van der Waals surface area contributed by atoms with Crippen molar-refractivity contribution in [2.75, 3.05) is 38.5 Å². The lowest BCUT2D eigenvalue weighted by molar-refractivity contribution is 0.244. The van der Waals surface area contributed by atoms with Gasteiger partial charge in [-0.1, -0.05) is 12.1 Å². The van der Waals surface area contributed by atoms with E-state index >= 15 is 0 Å². The number of thiazole rings is 1. The minimum Gasteiger partial charge on any atom is -0.399 e. The van der Waals surface area contributed by atoms with Crippen molar-refractivity contribution >= 4 is 17.0 Å². The van der Waals surface area contributed by atoms with Crippen LogP contribution in [0.25, 0.3) is 11.3 Å². The molecule has 2 heterocycles. The highest BCUT2D eigenvalue weighted by Gasteiger charge is 2.10. The van der Waals surface area contributed by atoms with Crippen LogP contribution in [0, 0.1) is 0 Å². The first-order valence-electron chi connectivity index (χ1n) is 7.05. The summed E-state index contributed by atoms with van der Waals surface area (Å²) in [7, 11) is 0. The monoisotopic (exact) mass is 288 g/mol. The Morgan fingerprint density at radius 2 is 1.95 bits per heavy atom. The van der Waals surface area contributed by atoms with Crippen molar-refractivity contribution in [1.29, 1.82) is 0 Å². The molecule has 0 amide bonds. The molecule has 1 fully saturated rings. The minimum atomic E-state index is 0.794. The molecule has 0 spiro atoms. The molecule has 20 heavy (non-hydrogen) atoms. The summed E-state index contributed by atoms with van der Waals surface area (Å²) >= 11 is 1.75. The van der Waals surface area contributed by atoms with E-state index < -0.39 is 0 Å². The Kier molecular flexibility index (Phi) is 4.30. The van der Waals surface area contributed by atoms with E-state index in [0.717, 1.165) is 56.1 Å². The topological polar surface area (TPSA) is 54.2 Å². The zero-order valence-electron chi connectivity index (χ0n) is 11.5. The van der Waals surface area contributed by atoms with Gasteiger partial charge in [0.25, 0.3) is 0 Å². The zero-order chi connectivity index (χ0) is 13.8. The summed E-state index contributed by atoms with van der Waals surface area (Å²) in [5.74, 6) is 0. The number of nitrogen functional groups attached to an aromatic ring is 1. The number of aromatic nitrogens is 1. The Bertz CT molecular complexity index is 543. The maximum atomic E-state index is 5.71. The van der Waals surface area contributed by atoms with Gasteiger partial charge in [-0.3, -0.25) is 0 Å². The quantitative estimate of drug-likeness (QED) is 0.843. The second-order valence-corrected chi connectivity index (χ2v) is 6.03. The second-order valence-electron chi connectivity index (χ2n) is 5.09. The van der Waals surface area contributed by atoms with Crippen molar-refractivity contribution < 1.29 is 0 Å². The number of piperazine rings is 1. The van der Waals surface area contributed by atoms with Crippen LogP contribution in [0.2, 0.25) is 0 Å². The van der Waals surface area contributed by atoms with Crippen LogP contribution in [0.5, 0.6) is 0 Å². The molecule has 1 saturated heterocycles. The molecule has 1 aliphatic heterocycles. The maximum Gasteiger partial charge on any atom is 0.0945 e. The van der Waals surface area contributed by atoms with Gasteiger partial charge >= 0.3 is 0 Å². The van der Waals surface area contributed by atoms with Gasteiger partial charge in [0, 0.05) is 55.8 Å². The van der Waals surface area contributed by atoms with Gasteiger partial charge in [0.15, 0.2) is 0 Å². The van der Waals surface area contributed by atoms with Gasteiger partial charge in [-0.2, -0.15) is 0 Å². The van der Waals surface area contributed by atoms with Crippen LogP contribution in [0.1, 0.15) is 5.01 Å². The number of rotatable bonds is 4. The second kappa shape index (κ2) is 6.35. The van der Waals surface area contributed by atoms with E-state index in [1.807, 2.05) is 24.3 Å². The van der Waals surface area contributed by atoms with Gasteiger partial charge in [-0.15, -0.1) is 11.3 Å². The largest absolute Gasteiger partial charge is 0.399 e. The summed E-state index contributed by atoms with van der Waals surface area (Å²) in [5, 5.41) is 6.73. The van der Waals surface area contributed by atoms with Crippen LogP contribution < -0.4 is 11.1 Å². The van der Waals surface area contributed by atoms with Crippen molar-refractivity contribution in [1.82, 2.24) is 15.2 Å². The summed E-state index contributed by atoms with van der Waals surface area (Å²) in [6.07, 6.45) is 1.04. The maximum absolute atomic E-state index is 5.71. The molecule has 0 atom stereocenters. The first kappa shape index (κ1) is 13.5. The van der Waals surface area contributed by atoms with Crippen LogP contribution >= 0.6 is 11.3 Å². The number of nitrogens with two attached hydrogens (primary N) is 1. The minimum absolute atomic E-state index is 0.794. The van der Waals surface area contributed by atoms with Crippen molar-refractivity contribution in [2.45, 2.75) is 6.42 Å². The smallest absolute Gasteiger partial charge is 0.0945 e.